The van der Waals surface area contributed by atoms with E-state index in [2.05, 4.69) is 17.1 Å². The molecule has 3 aromatic rings. The summed E-state index contributed by atoms with van der Waals surface area (Å²) < 4.78 is 6.00. The quantitative estimate of drug-likeness (QED) is 0.331. The van der Waals surface area contributed by atoms with Crippen molar-refractivity contribution in [2.45, 2.75) is 39.5 Å². The number of unbranched alkanes of at least 4 members (excludes halogenated alkanes) is 1. The molecule has 0 fully saturated rings. The van der Waals surface area contributed by atoms with Crippen molar-refractivity contribution in [3.8, 4) is 5.75 Å². The van der Waals surface area contributed by atoms with Gasteiger partial charge in [0.2, 0.25) is 0 Å². The molecule has 2 heterocycles. The Morgan fingerprint density at radius 2 is 1.29 bits per heavy atom. The summed E-state index contributed by atoms with van der Waals surface area (Å²) in [5.41, 5.74) is 3.58. The predicted molar refractivity (Wildman–Crippen MR) is 151 cm³/mol. The van der Waals surface area contributed by atoms with E-state index in [1.807, 2.05) is 98.8 Å². The first-order valence-corrected chi connectivity index (χ1v) is 13.1. The predicted octanol–water partition coefficient (Wildman–Crippen LogP) is 6.03. The minimum atomic E-state index is -0.629. The summed E-state index contributed by atoms with van der Waals surface area (Å²) in [4.78, 5) is 27.9. The van der Waals surface area contributed by atoms with Crippen LogP contribution in [0.5, 0.6) is 5.75 Å². The van der Waals surface area contributed by atoms with Crippen molar-refractivity contribution >= 4 is 34.6 Å². The van der Waals surface area contributed by atoms with Crippen molar-refractivity contribution in [3.63, 3.8) is 0 Å². The average Bonchev–Trinajstić information content (AvgIpc) is 3.40. The Bertz CT molecular complexity index is 1290. The third kappa shape index (κ3) is 4.84. The van der Waals surface area contributed by atoms with Crippen LogP contribution in [0.3, 0.4) is 0 Å². The topological polar surface area (TPSA) is 74.6 Å². The molecule has 3 aromatic carbocycles. The van der Waals surface area contributed by atoms with Crippen molar-refractivity contribution < 1.29 is 14.3 Å². The molecule has 7 nitrogen and oxygen atoms in total. The molecule has 2 atom stereocenters. The fraction of sp³-hybridized carbons (Fsp3) is 0.290. The third-order valence-corrected chi connectivity index (χ3v) is 7.09. The lowest BCUT2D eigenvalue weighted by Gasteiger charge is -2.29. The largest absolute Gasteiger partial charge is 0.494 e. The Balaban J connectivity index is 1.55. The van der Waals surface area contributed by atoms with Gasteiger partial charge in [0, 0.05) is 17.3 Å². The number of amides is 2. The molecule has 2 aliphatic heterocycles. The molecule has 2 unspecified atom stereocenters. The molecule has 0 bridgehead atoms. The van der Waals surface area contributed by atoms with Crippen LogP contribution in [-0.2, 0) is 9.59 Å². The molecular formula is C31H32N4O3. The van der Waals surface area contributed by atoms with Gasteiger partial charge in [-0.15, -0.1) is 0 Å². The minimum absolute atomic E-state index is 0.158. The molecule has 0 aromatic heterocycles. The van der Waals surface area contributed by atoms with Crippen molar-refractivity contribution in [1.82, 2.24) is 0 Å². The van der Waals surface area contributed by atoms with Crippen LogP contribution in [-0.4, -0.2) is 29.8 Å². The second kappa shape index (κ2) is 11.0. The summed E-state index contributed by atoms with van der Waals surface area (Å²) in [6.07, 6.45) is 1.98. The lowest BCUT2D eigenvalue weighted by Crippen LogP contribution is -2.40. The summed E-state index contributed by atoms with van der Waals surface area (Å²) in [5.74, 6) is -1.35. The highest BCUT2D eigenvalue weighted by molar-refractivity contribution is 6.19. The maximum Gasteiger partial charge on any atom is 0.256 e. The minimum Gasteiger partial charge on any atom is -0.494 e. The number of hydrogen-bond donors (Lipinski definition) is 0. The molecule has 0 saturated carbocycles. The van der Waals surface area contributed by atoms with Gasteiger partial charge in [-0.25, -0.2) is 10.0 Å². The molecular weight excluding hydrogens is 476 g/mol. The van der Waals surface area contributed by atoms with Gasteiger partial charge < -0.3 is 4.74 Å². The zero-order valence-electron chi connectivity index (χ0n) is 21.9. The normalized spacial score (nSPS) is 20.0. The molecule has 38 heavy (non-hydrogen) atoms. The highest BCUT2D eigenvalue weighted by Gasteiger charge is 2.50. The van der Waals surface area contributed by atoms with E-state index in [4.69, 9.17) is 4.74 Å². The van der Waals surface area contributed by atoms with Gasteiger partial charge in [-0.1, -0.05) is 61.9 Å². The molecule has 7 heteroatoms. The molecule has 0 radical (unpaired) electrons. The van der Waals surface area contributed by atoms with Gasteiger partial charge in [-0.2, -0.15) is 10.2 Å². The number of benzene rings is 3. The second-order valence-corrected chi connectivity index (χ2v) is 9.71. The molecule has 2 amide bonds. The first-order chi connectivity index (χ1) is 18.5. The van der Waals surface area contributed by atoms with E-state index in [9.17, 15) is 9.59 Å². The number of hydrazone groups is 2. The van der Waals surface area contributed by atoms with Gasteiger partial charge in [0.1, 0.15) is 5.75 Å². The second-order valence-electron chi connectivity index (χ2n) is 9.71. The third-order valence-electron chi connectivity index (χ3n) is 7.09. The highest BCUT2D eigenvalue weighted by Crippen LogP contribution is 2.43. The van der Waals surface area contributed by atoms with E-state index in [0.717, 1.165) is 24.2 Å². The molecule has 0 spiro atoms. The van der Waals surface area contributed by atoms with Gasteiger partial charge >= 0.3 is 0 Å². The zero-order valence-corrected chi connectivity index (χ0v) is 21.9. The van der Waals surface area contributed by atoms with Gasteiger partial charge in [-0.3, -0.25) is 9.59 Å². The number of nitrogens with zero attached hydrogens (tertiary/aromatic N) is 4. The molecule has 194 valence electrons. The van der Waals surface area contributed by atoms with Crippen LogP contribution >= 0.6 is 0 Å². The SMILES string of the molecule is CCCCOc1cccc(C(C2C(=O)N(c3ccccc3)N=C2C)C2C(=O)N(c3ccccc3)N=C2C)c1. The number of hydrogen-bond acceptors (Lipinski definition) is 5. The van der Waals surface area contributed by atoms with Crippen LogP contribution in [0.25, 0.3) is 0 Å². The number of para-hydroxylation sites is 2. The van der Waals surface area contributed by atoms with Crippen LogP contribution in [0, 0.1) is 11.8 Å². The smallest absolute Gasteiger partial charge is 0.256 e. The van der Waals surface area contributed by atoms with Crippen LogP contribution < -0.4 is 14.8 Å². The number of rotatable bonds is 9. The lowest BCUT2D eigenvalue weighted by molar-refractivity contribution is -0.122. The molecule has 0 saturated heterocycles. The van der Waals surface area contributed by atoms with Crippen molar-refractivity contribution in [2.24, 2.45) is 22.0 Å². The summed E-state index contributed by atoms with van der Waals surface area (Å²) in [5, 5.41) is 12.2. The van der Waals surface area contributed by atoms with Gasteiger partial charge in [0.05, 0.1) is 29.8 Å². The van der Waals surface area contributed by atoms with E-state index in [-0.39, 0.29) is 11.8 Å². The van der Waals surface area contributed by atoms with Crippen molar-refractivity contribution in [3.05, 3.63) is 90.5 Å². The number of carbonyl (C=O) groups is 2. The Morgan fingerprint density at radius 3 is 1.79 bits per heavy atom. The van der Waals surface area contributed by atoms with Crippen LogP contribution in [0.15, 0.2) is 95.1 Å². The zero-order chi connectivity index (χ0) is 26.6. The Labute approximate surface area is 223 Å². The van der Waals surface area contributed by atoms with E-state index in [1.165, 1.54) is 10.0 Å². The number of ether oxygens (including phenoxy) is 1. The summed E-state index contributed by atoms with van der Waals surface area (Å²) in [6, 6.07) is 26.5. The van der Waals surface area contributed by atoms with Crippen LogP contribution in [0.1, 0.15) is 45.1 Å². The highest BCUT2D eigenvalue weighted by atomic mass is 16.5. The van der Waals surface area contributed by atoms with Crippen LogP contribution in [0.4, 0.5) is 11.4 Å². The maximum atomic E-state index is 14.0. The number of carbonyl (C=O) groups excluding carboxylic acids is 2. The summed E-state index contributed by atoms with van der Waals surface area (Å²) >= 11 is 0. The van der Waals surface area contributed by atoms with Crippen LogP contribution in [0.2, 0.25) is 0 Å². The van der Waals surface area contributed by atoms with Gasteiger partial charge in [-0.05, 0) is 62.2 Å². The first-order valence-electron chi connectivity index (χ1n) is 13.1. The fourth-order valence-electron chi connectivity index (χ4n) is 5.22. The van der Waals surface area contributed by atoms with E-state index in [1.54, 1.807) is 0 Å². The van der Waals surface area contributed by atoms with Gasteiger partial charge in [0.15, 0.2) is 0 Å². The number of anilines is 2. The molecule has 2 aliphatic rings. The van der Waals surface area contributed by atoms with Gasteiger partial charge in [0.25, 0.3) is 11.8 Å². The Morgan fingerprint density at radius 1 is 0.763 bits per heavy atom. The van der Waals surface area contributed by atoms with Crippen molar-refractivity contribution in [2.75, 3.05) is 16.6 Å². The standard InChI is InChI=1S/C31H32N4O3/c1-4-5-19-38-26-18-12-13-23(20-26)29(27-21(2)32-34(30(27)36)24-14-8-6-9-15-24)28-22(3)33-35(31(28)37)25-16-10-7-11-17-25/h6-18,20,27-29H,4-5,19H2,1-3H3. The van der Waals surface area contributed by atoms with Crippen molar-refractivity contribution in [1.29, 1.82) is 0 Å². The van der Waals surface area contributed by atoms with E-state index in [0.29, 0.717) is 29.4 Å². The average molecular weight is 509 g/mol. The Hall–Kier alpha value is -4.26. The first kappa shape index (κ1) is 25.4. The fourth-order valence-corrected chi connectivity index (χ4v) is 5.22. The summed E-state index contributed by atoms with van der Waals surface area (Å²) in [6.45, 7) is 6.45. The maximum absolute atomic E-state index is 14.0. The molecule has 0 N–H and O–H groups in total. The Kier molecular flexibility index (Phi) is 7.36. The molecule has 5 rings (SSSR count). The van der Waals surface area contributed by atoms with E-state index >= 15 is 0 Å². The summed E-state index contributed by atoms with van der Waals surface area (Å²) in [7, 11) is 0. The van der Waals surface area contributed by atoms with E-state index < -0.39 is 17.8 Å². The molecule has 0 aliphatic carbocycles. The monoisotopic (exact) mass is 508 g/mol. The lowest BCUT2D eigenvalue weighted by atomic mass is 9.73.